The summed E-state index contributed by atoms with van der Waals surface area (Å²) in [4.78, 5) is 0. The molecular weight excluding hydrogens is 246 g/mol. The van der Waals surface area contributed by atoms with Gasteiger partial charge in [-0.05, 0) is 29.7 Å². The Morgan fingerprint density at radius 3 is 2.40 bits per heavy atom. The van der Waals surface area contributed by atoms with Crippen molar-refractivity contribution in [2.75, 3.05) is 0 Å². The second kappa shape index (κ2) is 5.29. The van der Waals surface area contributed by atoms with Crippen molar-refractivity contribution in [3.05, 3.63) is 48.0 Å². The molecule has 20 heavy (non-hydrogen) atoms. The molecule has 0 aliphatic rings. The van der Waals surface area contributed by atoms with Crippen LogP contribution in [0.3, 0.4) is 0 Å². The van der Waals surface area contributed by atoms with Crippen LogP contribution in [0, 0.1) is 5.92 Å². The summed E-state index contributed by atoms with van der Waals surface area (Å²) in [5.74, 6) is 0.533. The van der Waals surface area contributed by atoms with Crippen molar-refractivity contribution in [2.45, 2.75) is 32.7 Å². The van der Waals surface area contributed by atoms with E-state index >= 15 is 0 Å². The third-order valence-electron chi connectivity index (χ3n) is 4.34. The number of rotatable bonds is 4. The van der Waals surface area contributed by atoms with Gasteiger partial charge in [0.15, 0.2) is 0 Å². The van der Waals surface area contributed by atoms with Gasteiger partial charge in [0.25, 0.3) is 0 Å². The van der Waals surface area contributed by atoms with Crippen LogP contribution in [0.5, 0.6) is 0 Å². The van der Waals surface area contributed by atoms with Gasteiger partial charge in [-0.15, -0.1) is 0 Å². The first-order valence-electron chi connectivity index (χ1n) is 7.41. The van der Waals surface area contributed by atoms with Gasteiger partial charge in [0, 0.05) is 16.8 Å². The van der Waals surface area contributed by atoms with Crippen LogP contribution in [0.25, 0.3) is 21.9 Å². The van der Waals surface area contributed by atoms with E-state index in [1.807, 2.05) is 24.3 Å². The minimum atomic E-state index is 0.100. The lowest BCUT2D eigenvalue weighted by molar-refractivity contribution is 0.405. The van der Waals surface area contributed by atoms with E-state index in [4.69, 9.17) is 10.2 Å². The van der Waals surface area contributed by atoms with Gasteiger partial charge in [-0.2, -0.15) is 0 Å². The number of hydrogen-bond acceptors (Lipinski definition) is 2. The fourth-order valence-corrected chi connectivity index (χ4v) is 3.02. The molecule has 104 valence electrons. The Hall–Kier alpha value is -1.80. The molecule has 0 fully saturated rings. The molecule has 2 heteroatoms. The zero-order chi connectivity index (χ0) is 14.1. The topological polar surface area (TPSA) is 39.2 Å². The van der Waals surface area contributed by atoms with E-state index in [0.717, 1.165) is 24.0 Å². The molecule has 1 atom stereocenters. The predicted molar refractivity (Wildman–Crippen MR) is 84.7 cm³/mol. The van der Waals surface area contributed by atoms with Crippen LogP contribution in [-0.2, 0) is 0 Å². The predicted octanol–water partition coefficient (Wildman–Crippen LogP) is 5.02. The highest BCUT2D eigenvalue weighted by Gasteiger charge is 2.17. The molecule has 0 spiro atoms. The smallest absolute Gasteiger partial charge is 0.135 e. The van der Waals surface area contributed by atoms with E-state index < -0.39 is 0 Å². The van der Waals surface area contributed by atoms with Crippen LogP contribution >= 0.6 is 0 Å². The number of nitrogens with two attached hydrogens (primary N) is 1. The molecule has 1 aromatic heterocycles. The van der Waals surface area contributed by atoms with Crippen molar-refractivity contribution in [1.82, 2.24) is 0 Å². The summed E-state index contributed by atoms with van der Waals surface area (Å²) in [5.41, 5.74) is 9.52. The molecule has 3 aromatic rings. The van der Waals surface area contributed by atoms with E-state index in [-0.39, 0.29) is 6.04 Å². The van der Waals surface area contributed by atoms with Gasteiger partial charge in [-0.3, -0.25) is 0 Å². The monoisotopic (exact) mass is 267 g/mol. The van der Waals surface area contributed by atoms with Crippen LogP contribution in [0.2, 0.25) is 0 Å². The van der Waals surface area contributed by atoms with Crippen LogP contribution in [0.15, 0.2) is 46.9 Å². The molecule has 2 nitrogen and oxygen atoms in total. The van der Waals surface area contributed by atoms with Crippen molar-refractivity contribution < 1.29 is 4.42 Å². The van der Waals surface area contributed by atoms with Gasteiger partial charge >= 0.3 is 0 Å². The molecule has 1 unspecified atom stereocenters. The Labute approximate surface area is 119 Å². The molecule has 0 saturated carbocycles. The molecule has 2 aromatic carbocycles. The van der Waals surface area contributed by atoms with Crippen molar-refractivity contribution in [2.24, 2.45) is 11.7 Å². The summed E-state index contributed by atoms with van der Waals surface area (Å²) in [5, 5.41) is 2.33. The van der Waals surface area contributed by atoms with Gasteiger partial charge in [0.05, 0.1) is 0 Å². The summed E-state index contributed by atoms with van der Waals surface area (Å²) in [6.07, 6.45) is 2.23. The third-order valence-corrected chi connectivity index (χ3v) is 4.34. The molecular formula is C18H21NO. The highest BCUT2D eigenvalue weighted by molar-refractivity contribution is 6.05. The molecule has 0 radical (unpaired) electrons. The number of furan rings is 1. The first-order chi connectivity index (χ1) is 9.74. The average molecular weight is 267 g/mol. The van der Waals surface area contributed by atoms with E-state index in [1.165, 1.54) is 16.3 Å². The third kappa shape index (κ3) is 2.10. The lowest BCUT2D eigenvalue weighted by Gasteiger charge is -2.21. The van der Waals surface area contributed by atoms with Crippen LogP contribution in [-0.4, -0.2) is 0 Å². The number of para-hydroxylation sites is 1. The SMILES string of the molecule is CCC(CC)C(N)c1ccc2oc3ccccc3c2c1. The lowest BCUT2D eigenvalue weighted by Crippen LogP contribution is -2.20. The first-order valence-corrected chi connectivity index (χ1v) is 7.41. The normalized spacial score (nSPS) is 13.4. The zero-order valence-electron chi connectivity index (χ0n) is 12.1. The highest BCUT2D eigenvalue weighted by Crippen LogP contribution is 2.32. The van der Waals surface area contributed by atoms with E-state index in [2.05, 4.69) is 32.0 Å². The Morgan fingerprint density at radius 1 is 0.950 bits per heavy atom. The standard InChI is InChI=1S/C18H21NO/c1-3-12(4-2)18(19)13-9-10-17-15(11-13)14-7-5-6-8-16(14)20-17/h5-12,18H,3-4,19H2,1-2H3. The second-order valence-electron chi connectivity index (χ2n) is 5.46. The van der Waals surface area contributed by atoms with Crippen LogP contribution in [0.1, 0.15) is 38.3 Å². The van der Waals surface area contributed by atoms with Gasteiger partial charge < -0.3 is 10.2 Å². The summed E-state index contributed by atoms with van der Waals surface area (Å²) in [6, 6.07) is 14.6. The molecule has 0 aliphatic heterocycles. The number of fused-ring (bicyclic) bond motifs is 3. The summed E-state index contributed by atoms with van der Waals surface area (Å²) < 4.78 is 5.86. The van der Waals surface area contributed by atoms with Gasteiger partial charge in [-0.25, -0.2) is 0 Å². The van der Waals surface area contributed by atoms with Crippen molar-refractivity contribution in [1.29, 1.82) is 0 Å². The Balaban J connectivity index is 2.12. The summed E-state index contributed by atoms with van der Waals surface area (Å²) in [7, 11) is 0. The van der Waals surface area contributed by atoms with E-state index in [0.29, 0.717) is 5.92 Å². The van der Waals surface area contributed by atoms with Crippen molar-refractivity contribution in [3.8, 4) is 0 Å². The largest absolute Gasteiger partial charge is 0.456 e. The van der Waals surface area contributed by atoms with Gasteiger partial charge in [-0.1, -0.05) is 51.0 Å². The van der Waals surface area contributed by atoms with E-state index in [1.54, 1.807) is 0 Å². The maximum Gasteiger partial charge on any atom is 0.135 e. The minimum Gasteiger partial charge on any atom is -0.456 e. The first kappa shape index (κ1) is 13.2. The average Bonchev–Trinajstić information content (AvgIpc) is 2.86. The molecule has 0 amide bonds. The van der Waals surface area contributed by atoms with Crippen molar-refractivity contribution >= 4 is 21.9 Å². The lowest BCUT2D eigenvalue weighted by atomic mass is 9.89. The number of benzene rings is 2. The summed E-state index contributed by atoms with van der Waals surface area (Å²) in [6.45, 7) is 4.42. The maximum absolute atomic E-state index is 6.43. The van der Waals surface area contributed by atoms with Crippen LogP contribution in [0.4, 0.5) is 0 Å². The van der Waals surface area contributed by atoms with Crippen LogP contribution < -0.4 is 5.73 Å². The Bertz CT molecular complexity index is 724. The fourth-order valence-electron chi connectivity index (χ4n) is 3.02. The molecule has 0 bridgehead atoms. The van der Waals surface area contributed by atoms with Crippen molar-refractivity contribution in [3.63, 3.8) is 0 Å². The molecule has 1 heterocycles. The number of hydrogen-bond donors (Lipinski definition) is 1. The quantitative estimate of drug-likeness (QED) is 0.720. The highest BCUT2D eigenvalue weighted by atomic mass is 16.3. The maximum atomic E-state index is 6.43. The zero-order valence-corrected chi connectivity index (χ0v) is 12.1. The second-order valence-corrected chi connectivity index (χ2v) is 5.46. The molecule has 2 N–H and O–H groups in total. The van der Waals surface area contributed by atoms with E-state index in [9.17, 15) is 0 Å². The summed E-state index contributed by atoms with van der Waals surface area (Å²) >= 11 is 0. The molecule has 0 aliphatic carbocycles. The van der Waals surface area contributed by atoms with Gasteiger partial charge in [0.1, 0.15) is 11.2 Å². The minimum absolute atomic E-state index is 0.100. The Kier molecular flexibility index (Phi) is 3.49. The molecule has 3 rings (SSSR count). The fraction of sp³-hybridized carbons (Fsp3) is 0.333. The Morgan fingerprint density at radius 2 is 1.65 bits per heavy atom. The molecule has 0 saturated heterocycles. The van der Waals surface area contributed by atoms with Gasteiger partial charge in [0.2, 0.25) is 0 Å².